The summed E-state index contributed by atoms with van der Waals surface area (Å²) in [5.74, 6) is 0.998. The molecule has 1 N–H and O–H groups in total. The smallest absolute Gasteiger partial charge is 0.119 e. The Balaban J connectivity index is 1.61. The summed E-state index contributed by atoms with van der Waals surface area (Å²) < 4.78 is 5.31. The molecule has 2 aliphatic carbocycles. The zero-order valence-electron chi connectivity index (χ0n) is 12.0. The van der Waals surface area contributed by atoms with E-state index in [9.17, 15) is 0 Å². The standard InChI is InChI=1S/C17H25NO/c1-19-17-10-8-13-11-16(9-7-14(13)12-17)18-15-5-3-2-4-6-15/h8,10,12,15-16,18H,2-7,9,11H2,1H3/t16-/m1/s1. The average Bonchev–Trinajstić information content (AvgIpc) is 2.48. The highest BCUT2D eigenvalue weighted by atomic mass is 16.5. The molecule has 104 valence electrons. The Kier molecular flexibility index (Phi) is 4.07. The second-order valence-electron chi connectivity index (χ2n) is 6.08. The van der Waals surface area contributed by atoms with Crippen molar-refractivity contribution in [2.24, 2.45) is 0 Å². The van der Waals surface area contributed by atoms with E-state index in [1.54, 1.807) is 7.11 Å². The minimum atomic E-state index is 0.684. The summed E-state index contributed by atoms with van der Waals surface area (Å²) in [6, 6.07) is 8.03. The Morgan fingerprint density at radius 3 is 2.63 bits per heavy atom. The number of rotatable bonds is 3. The van der Waals surface area contributed by atoms with Gasteiger partial charge in [0.05, 0.1) is 7.11 Å². The molecule has 0 saturated heterocycles. The van der Waals surface area contributed by atoms with Crippen LogP contribution < -0.4 is 10.1 Å². The molecule has 19 heavy (non-hydrogen) atoms. The molecule has 0 aromatic heterocycles. The number of benzene rings is 1. The zero-order chi connectivity index (χ0) is 13.1. The van der Waals surface area contributed by atoms with E-state index < -0.39 is 0 Å². The summed E-state index contributed by atoms with van der Waals surface area (Å²) >= 11 is 0. The van der Waals surface area contributed by atoms with Gasteiger partial charge >= 0.3 is 0 Å². The lowest BCUT2D eigenvalue weighted by Gasteiger charge is -2.31. The molecule has 2 aliphatic rings. The minimum absolute atomic E-state index is 0.684. The molecule has 2 nitrogen and oxygen atoms in total. The molecule has 1 saturated carbocycles. The van der Waals surface area contributed by atoms with E-state index >= 15 is 0 Å². The molecule has 1 aromatic carbocycles. The number of hydrogen-bond donors (Lipinski definition) is 1. The zero-order valence-corrected chi connectivity index (χ0v) is 12.0. The van der Waals surface area contributed by atoms with Crippen molar-refractivity contribution in [3.05, 3.63) is 29.3 Å². The van der Waals surface area contributed by atoms with Crippen LogP contribution in [0.4, 0.5) is 0 Å². The molecular formula is C17H25NO. The molecule has 0 amide bonds. The predicted octanol–water partition coefficient (Wildman–Crippen LogP) is 3.47. The monoisotopic (exact) mass is 259 g/mol. The van der Waals surface area contributed by atoms with E-state index in [1.807, 2.05) is 0 Å². The maximum absolute atomic E-state index is 5.31. The van der Waals surface area contributed by atoms with E-state index in [4.69, 9.17) is 4.74 Å². The van der Waals surface area contributed by atoms with Gasteiger partial charge in [-0.1, -0.05) is 25.3 Å². The van der Waals surface area contributed by atoms with Crippen LogP contribution in [0, 0.1) is 0 Å². The van der Waals surface area contributed by atoms with Crippen molar-refractivity contribution in [1.29, 1.82) is 0 Å². The molecule has 1 fully saturated rings. The van der Waals surface area contributed by atoms with Crippen molar-refractivity contribution < 1.29 is 4.74 Å². The Labute approximate surface area is 116 Å². The highest BCUT2D eigenvalue weighted by Crippen LogP contribution is 2.27. The summed E-state index contributed by atoms with van der Waals surface area (Å²) in [4.78, 5) is 0. The molecule has 0 unspecified atom stereocenters. The molecule has 0 bridgehead atoms. The topological polar surface area (TPSA) is 21.3 Å². The van der Waals surface area contributed by atoms with Crippen LogP contribution in [0.5, 0.6) is 5.75 Å². The molecule has 1 aromatic rings. The Morgan fingerprint density at radius 2 is 1.84 bits per heavy atom. The van der Waals surface area contributed by atoms with Gasteiger partial charge in [-0.15, -0.1) is 0 Å². The van der Waals surface area contributed by atoms with E-state index in [2.05, 4.69) is 23.5 Å². The normalized spacial score (nSPS) is 23.9. The Morgan fingerprint density at radius 1 is 1.00 bits per heavy atom. The lowest BCUT2D eigenvalue weighted by atomic mass is 9.86. The quantitative estimate of drug-likeness (QED) is 0.897. The van der Waals surface area contributed by atoms with Gasteiger partial charge in [-0.25, -0.2) is 0 Å². The number of aryl methyl sites for hydroxylation is 1. The molecular weight excluding hydrogens is 234 g/mol. The Bertz CT molecular complexity index is 423. The average molecular weight is 259 g/mol. The second kappa shape index (κ2) is 5.96. The molecule has 1 atom stereocenters. The van der Waals surface area contributed by atoms with Gasteiger partial charge in [-0.2, -0.15) is 0 Å². The highest BCUT2D eigenvalue weighted by molar-refractivity contribution is 5.37. The van der Waals surface area contributed by atoms with E-state index in [0.717, 1.165) is 11.8 Å². The summed E-state index contributed by atoms with van der Waals surface area (Å²) in [6.07, 6.45) is 10.7. The predicted molar refractivity (Wildman–Crippen MR) is 78.8 cm³/mol. The third-order valence-corrected chi connectivity index (χ3v) is 4.72. The number of nitrogens with one attached hydrogen (secondary N) is 1. The van der Waals surface area contributed by atoms with Crippen molar-refractivity contribution in [3.8, 4) is 5.75 Å². The maximum Gasteiger partial charge on any atom is 0.119 e. The molecule has 0 radical (unpaired) electrons. The van der Waals surface area contributed by atoms with E-state index in [-0.39, 0.29) is 0 Å². The maximum atomic E-state index is 5.31. The van der Waals surface area contributed by atoms with E-state index in [0.29, 0.717) is 6.04 Å². The lowest BCUT2D eigenvalue weighted by Crippen LogP contribution is -2.42. The van der Waals surface area contributed by atoms with Crippen LogP contribution in [0.1, 0.15) is 49.7 Å². The van der Waals surface area contributed by atoms with Crippen LogP contribution in [0.15, 0.2) is 18.2 Å². The summed E-state index contributed by atoms with van der Waals surface area (Å²) in [6.45, 7) is 0. The lowest BCUT2D eigenvalue weighted by molar-refractivity contribution is 0.320. The van der Waals surface area contributed by atoms with E-state index in [1.165, 1.54) is 62.5 Å². The first kappa shape index (κ1) is 13.0. The fourth-order valence-electron chi connectivity index (χ4n) is 3.60. The molecule has 0 aliphatic heterocycles. The minimum Gasteiger partial charge on any atom is -0.497 e. The van der Waals surface area contributed by atoms with Crippen molar-refractivity contribution in [1.82, 2.24) is 5.32 Å². The van der Waals surface area contributed by atoms with Crippen LogP contribution >= 0.6 is 0 Å². The largest absolute Gasteiger partial charge is 0.497 e. The van der Waals surface area contributed by atoms with Gasteiger partial charge in [0.15, 0.2) is 0 Å². The number of hydrogen-bond acceptors (Lipinski definition) is 2. The van der Waals surface area contributed by atoms with Crippen molar-refractivity contribution >= 4 is 0 Å². The van der Waals surface area contributed by atoms with Gasteiger partial charge in [-0.05, 0) is 55.4 Å². The summed E-state index contributed by atoms with van der Waals surface area (Å²) in [5, 5.41) is 3.90. The second-order valence-corrected chi connectivity index (χ2v) is 6.08. The highest BCUT2D eigenvalue weighted by Gasteiger charge is 2.22. The Hall–Kier alpha value is -1.02. The summed E-state index contributed by atoms with van der Waals surface area (Å²) in [5.41, 5.74) is 3.00. The van der Waals surface area contributed by atoms with Crippen LogP contribution in [-0.2, 0) is 12.8 Å². The first-order valence-corrected chi connectivity index (χ1v) is 7.77. The van der Waals surface area contributed by atoms with Crippen LogP contribution in [0.3, 0.4) is 0 Å². The van der Waals surface area contributed by atoms with Gasteiger partial charge in [0, 0.05) is 12.1 Å². The number of methoxy groups -OCH3 is 1. The fraction of sp³-hybridized carbons (Fsp3) is 0.647. The molecule has 0 heterocycles. The van der Waals surface area contributed by atoms with Gasteiger partial charge in [-0.3, -0.25) is 0 Å². The SMILES string of the molecule is COc1ccc2c(c1)CC[C@@H](NC1CCCCC1)C2. The first-order chi connectivity index (χ1) is 9.35. The van der Waals surface area contributed by atoms with Gasteiger partial charge < -0.3 is 10.1 Å². The number of fused-ring (bicyclic) bond motifs is 1. The molecule has 2 heteroatoms. The first-order valence-electron chi connectivity index (χ1n) is 7.77. The third kappa shape index (κ3) is 3.11. The fourth-order valence-corrected chi connectivity index (χ4v) is 3.60. The van der Waals surface area contributed by atoms with Gasteiger partial charge in [0.2, 0.25) is 0 Å². The molecule has 0 spiro atoms. The summed E-state index contributed by atoms with van der Waals surface area (Å²) in [7, 11) is 1.75. The van der Waals surface area contributed by atoms with Crippen LogP contribution in [0.2, 0.25) is 0 Å². The van der Waals surface area contributed by atoms with Crippen LogP contribution in [-0.4, -0.2) is 19.2 Å². The van der Waals surface area contributed by atoms with Crippen LogP contribution in [0.25, 0.3) is 0 Å². The van der Waals surface area contributed by atoms with Crippen molar-refractivity contribution in [2.45, 2.75) is 63.5 Å². The van der Waals surface area contributed by atoms with Gasteiger partial charge in [0.25, 0.3) is 0 Å². The molecule has 3 rings (SSSR count). The number of ether oxygens (including phenoxy) is 1. The third-order valence-electron chi connectivity index (χ3n) is 4.72. The van der Waals surface area contributed by atoms with Crippen molar-refractivity contribution in [3.63, 3.8) is 0 Å². The van der Waals surface area contributed by atoms with Gasteiger partial charge in [0.1, 0.15) is 5.75 Å². The van der Waals surface area contributed by atoms with Crippen molar-refractivity contribution in [2.75, 3.05) is 7.11 Å².